The molecule has 0 fully saturated rings. The monoisotopic (exact) mass is 1150 g/mol. The average Bonchev–Trinajstić information content (AvgIpc) is 1.85. The molecular formula is C68H58F6O6S2. The maximum absolute atomic E-state index is 14.5. The minimum absolute atomic E-state index is 0.0234. The van der Waals surface area contributed by atoms with Crippen LogP contribution in [0.4, 0.5) is 26.3 Å². The van der Waals surface area contributed by atoms with E-state index < -0.39 is 42.8 Å². The molecule has 0 aliphatic heterocycles. The molecule has 0 unspecified atom stereocenters. The van der Waals surface area contributed by atoms with Gasteiger partial charge in [0.05, 0.1) is 0 Å². The highest BCUT2D eigenvalue weighted by atomic mass is 32.2. The minimum atomic E-state index is -6.23. The van der Waals surface area contributed by atoms with E-state index in [1.165, 1.54) is 24.3 Å². The molecule has 6 nitrogen and oxygen atoms in total. The molecule has 14 heteroatoms. The van der Waals surface area contributed by atoms with Gasteiger partial charge in [-0.2, -0.15) is 43.2 Å². The van der Waals surface area contributed by atoms with Gasteiger partial charge in [-0.25, -0.2) is 0 Å². The number of halogens is 6. The SMILES string of the molecule is Cc1cc(C)c(-c2ccc(OS(=O)(=O)C(F)(F)F)c(-c3cc4c5cc(-c6c(C)cc(C)cc6C)ccc5c(-c5cc(-c6c(C)cc(C)cc6C)ccc5OS(=O)(=O)C(F)(F)F)cc4c4cc(-c5c(C)cc(C)cc5C)ccc34)c2)c(C)c1. The zero-order valence-corrected chi connectivity index (χ0v) is 48.9. The van der Waals surface area contributed by atoms with Crippen molar-refractivity contribution in [1.82, 2.24) is 0 Å². The van der Waals surface area contributed by atoms with Crippen LogP contribution in [-0.2, 0) is 20.2 Å². The van der Waals surface area contributed by atoms with E-state index in [-0.39, 0.29) is 11.1 Å². The molecule has 0 spiro atoms. The molecule has 0 heterocycles. The molecule has 0 radical (unpaired) electrons. The molecule has 0 bridgehead atoms. The Bertz CT molecular complexity index is 4210. The lowest BCUT2D eigenvalue weighted by Crippen LogP contribution is -2.28. The van der Waals surface area contributed by atoms with Crippen molar-refractivity contribution < 1.29 is 51.5 Å². The molecule has 0 saturated carbocycles. The molecule has 0 N–H and O–H groups in total. The number of hydrogen-bond acceptors (Lipinski definition) is 6. The van der Waals surface area contributed by atoms with Gasteiger partial charge < -0.3 is 8.37 Å². The first kappa shape index (κ1) is 57.3. The molecule has 0 atom stereocenters. The van der Waals surface area contributed by atoms with Gasteiger partial charge >= 0.3 is 31.3 Å². The lowest BCUT2D eigenvalue weighted by molar-refractivity contribution is -0.0504. The van der Waals surface area contributed by atoms with Crippen LogP contribution in [0.1, 0.15) is 66.8 Å². The van der Waals surface area contributed by atoms with Crippen molar-refractivity contribution in [1.29, 1.82) is 0 Å². The second-order valence-corrected chi connectivity index (χ2v) is 25.0. The highest BCUT2D eigenvalue weighted by Gasteiger charge is 2.50. The van der Waals surface area contributed by atoms with Crippen molar-refractivity contribution in [3.05, 3.63) is 200 Å². The third-order valence-corrected chi connectivity index (χ3v) is 17.4. The molecule has 0 saturated heterocycles. The number of benzene rings is 10. The van der Waals surface area contributed by atoms with Gasteiger partial charge in [-0.05, 0) is 264 Å². The van der Waals surface area contributed by atoms with Crippen LogP contribution in [0.5, 0.6) is 11.5 Å². The molecule has 10 aromatic carbocycles. The third-order valence-electron chi connectivity index (χ3n) is 15.4. The van der Waals surface area contributed by atoms with Crippen LogP contribution >= 0.6 is 0 Å². The summed E-state index contributed by atoms with van der Waals surface area (Å²) < 4.78 is 150. The van der Waals surface area contributed by atoms with Gasteiger partial charge in [-0.15, -0.1) is 0 Å². The summed E-state index contributed by atoms with van der Waals surface area (Å²) in [5, 5.41) is 2.97. The summed E-state index contributed by atoms with van der Waals surface area (Å²) in [5.74, 6) is -1.17. The van der Waals surface area contributed by atoms with Gasteiger partial charge in [-0.1, -0.05) is 107 Å². The lowest BCUT2D eigenvalue weighted by Gasteiger charge is -2.22. The van der Waals surface area contributed by atoms with Gasteiger partial charge in [-0.3, -0.25) is 0 Å². The molecule has 420 valence electrons. The van der Waals surface area contributed by atoms with E-state index in [9.17, 15) is 43.2 Å². The van der Waals surface area contributed by atoms with Crippen molar-refractivity contribution in [3.8, 4) is 78.3 Å². The number of aryl methyl sites for hydroxylation is 12. The quantitative estimate of drug-likeness (QED) is 0.0587. The van der Waals surface area contributed by atoms with Crippen LogP contribution in [0.25, 0.3) is 99.1 Å². The van der Waals surface area contributed by atoms with E-state index in [4.69, 9.17) is 8.37 Å². The third kappa shape index (κ3) is 10.3. The second-order valence-electron chi connectivity index (χ2n) is 21.9. The Kier molecular flexibility index (Phi) is 14.3. The zero-order valence-electron chi connectivity index (χ0n) is 47.2. The second kappa shape index (κ2) is 20.5. The Labute approximate surface area is 474 Å². The van der Waals surface area contributed by atoms with Crippen LogP contribution in [-0.4, -0.2) is 27.9 Å². The molecule has 10 aromatic rings. The highest BCUT2D eigenvalue weighted by Crippen LogP contribution is 2.50. The molecule has 0 aliphatic rings. The molecule has 0 amide bonds. The van der Waals surface area contributed by atoms with Crippen molar-refractivity contribution >= 4 is 52.6 Å². The summed E-state index contributed by atoms with van der Waals surface area (Å²) in [6.45, 7) is 23.5. The van der Waals surface area contributed by atoms with Crippen molar-refractivity contribution in [3.63, 3.8) is 0 Å². The van der Waals surface area contributed by atoms with Gasteiger partial charge in [0.15, 0.2) is 11.5 Å². The van der Waals surface area contributed by atoms with Gasteiger partial charge in [0.2, 0.25) is 0 Å². The Morgan fingerprint density at radius 2 is 0.512 bits per heavy atom. The van der Waals surface area contributed by atoms with E-state index in [2.05, 4.69) is 24.3 Å². The summed E-state index contributed by atoms with van der Waals surface area (Å²) >= 11 is 0. The predicted octanol–water partition coefficient (Wildman–Crippen LogP) is 19.3. The number of rotatable bonds is 10. The Hall–Kier alpha value is -7.94. The fraction of sp³-hybridized carbons (Fsp3) is 0.206. The first-order chi connectivity index (χ1) is 38.3. The Morgan fingerprint density at radius 1 is 0.280 bits per heavy atom. The normalized spacial score (nSPS) is 12.5. The fourth-order valence-electron chi connectivity index (χ4n) is 12.6. The lowest BCUT2D eigenvalue weighted by atomic mass is 9.83. The summed E-state index contributed by atoms with van der Waals surface area (Å²) in [7, 11) is -12.5. The van der Waals surface area contributed by atoms with Crippen LogP contribution < -0.4 is 8.37 Å². The van der Waals surface area contributed by atoms with Gasteiger partial charge in [0.25, 0.3) is 0 Å². The largest absolute Gasteiger partial charge is 0.534 e. The van der Waals surface area contributed by atoms with Gasteiger partial charge in [0, 0.05) is 11.1 Å². The zero-order chi connectivity index (χ0) is 59.4. The van der Waals surface area contributed by atoms with Crippen LogP contribution in [0, 0.1) is 83.1 Å². The topological polar surface area (TPSA) is 86.7 Å². The fourth-order valence-corrected chi connectivity index (χ4v) is 13.6. The summed E-state index contributed by atoms with van der Waals surface area (Å²) in [4.78, 5) is 0. The highest BCUT2D eigenvalue weighted by molar-refractivity contribution is 7.88. The molecule has 0 aliphatic carbocycles. The Balaban J connectivity index is 1.43. The number of alkyl halides is 6. The smallest absolute Gasteiger partial charge is 0.375 e. The van der Waals surface area contributed by atoms with Crippen LogP contribution in [0.2, 0.25) is 0 Å². The minimum Gasteiger partial charge on any atom is -0.375 e. The maximum atomic E-state index is 14.5. The molecule has 82 heavy (non-hydrogen) atoms. The van der Waals surface area contributed by atoms with Crippen LogP contribution in [0.3, 0.4) is 0 Å². The van der Waals surface area contributed by atoms with Gasteiger partial charge in [0.1, 0.15) is 0 Å². The van der Waals surface area contributed by atoms with E-state index >= 15 is 0 Å². The summed E-state index contributed by atoms with van der Waals surface area (Å²) in [5.41, 5.74) is 6.41. The predicted molar refractivity (Wildman–Crippen MR) is 320 cm³/mol. The Morgan fingerprint density at radius 3 is 0.768 bits per heavy atom. The maximum Gasteiger partial charge on any atom is 0.534 e. The average molecular weight is 1150 g/mol. The van der Waals surface area contributed by atoms with Crippen molar-refractivity contribution in [2.45, 2.75) is 94.1 Å². The van der Waals surface area contributed by atoms with E-state index in [1.54, 1.807) is 24.3 Å². The van der Waals surface area contributed by atoms with E-state index in [0.717, 1.165) is 100 Å². The van der Waals surface area contributed by atoms with E-state index in [1.807, 2.05) is 144 Å². The molecule has 10 rings (SSSR count). The first-order valence-electron chi connectivity index (χ1n) is 26.4. The summed E-state index contributed by atoms with van der Waals surface area (Å²) in [6, 6.07) is 39.8. The van der Waals surface area contributed by atoms with Crippen molar-refractivity contribution in [2.24, 2.45) is 0 Å². The number of fused-ring (bicyclic) bond motifs is 5. The molecule has 0 aromatic heterocycles. The standard InChI is InChI=1S/C68H58F6O6S2/c1-35-21-39(5)63(40(6)22-35)47-13-17-51-53(29-47)57-33-56(60-32-50(66-45(11)27-38(4)28-46(66)12)16-20-62(60)80-82(77,78)68(72,73)74)52-18-14-48(64-41(7)23-36(2)24-42(64)8)30-54(52)58(57)34-55(51)59-31-49(65-43(9)25-37(3)26-44(65)10)15-19-61(59)79-81(75,76)67(69,70)71/h13-34H,1-12H3. The van der Waals surface area contributed by atoms with Crippen LogP contribution in [0.15, 0.2) is 133 Å². The van der Waals surface area contributed by atoms with Crippen molar-refractivity contribution in [2.75, 3.05) is 0 Å². The summed E-state index contributed by atoms with van der Waals surface area (Å²) in [6.07, 6.45) is 0. The molecular weight excluding hydrogens is 1090 g/mol. The first-order valence-corrected chi connectivity index (χ1v) is 29.2. The number of hydrogen-bond donors (Lipinski definition) is 0. The van der Waals surface area contributed by atoms with E-state index in [0.29, 0.717) is 54.6 Å².